The van der Waals surface area contributed by atoms with E-state index in [1.807, 2.05) is 0 Å². The first-order valence-electron chi connectivity index (χ1n) is 6.76. The lowest BCUT2D eigenvalue weighted by Gasteiger charge is -2.07. The summed E-state index contributed by atoms with van der Waals surface area (Å²) in [5.41, 5.74) is 2.78. The van der Waals surface area contributed by atoms with Gasteiger partial charge in [0.05, 0.1) is 20.4 Å². The highest BCUT2D eigenvalue weighted by molar-refractivity contribution is 5.96. The summed E-state index contributed by atoms with van der Waals surface area (Å²) >= 11 is 0. The number of methoxy groups -OCH3 is 2. The zero-order valence-corrected chi connectivity index (χ0v) is 13.0. The first kappa shape index (κ1) is 16.9. The van der Waals surface area contributed by atoms with Gasteiger partial charge in [0, 0.05) is 17.2 Å². The molecule has 0 saturated carbocycles. The maximum absolute atomic E-state index is 11.9. The molecular formula is C16H16N2O6. The summed E-state index contributed by atoms with van der Waals surface area (Å²) in [5.74, 6) is -1.47. The van der Waals surface area contributed by atoms with Crippen LogP contribution in [0.1, 0.15) is 15.9 Å². The fraction of sp³-hybridized carbons (Fsp3) is 0.125. The monoisotopic (exact) mass is 332 g/mol. The Hall–Kier alpha value is -3.42. The van der Waals surface area contributed by atoms with Gasteiger partial charge in [-0.2, -0.15) is 5.10 Å². The lowest BCUT2D eigenvalue weighted by atomic mass is 10.2. The van der Waals surface area contributed by atoms with Gasteiger partial charge in [-0.25, -0.2) is 5.43 Å². The number of hydrazone groups is 1. The molecule has 8 nitrogen and oxygen atoms in total. The van der Waals surface area contributed by atoms with E-state index in [0.29, 0.717) is 17.1 Å². The van der Waals surface area contributed by atoms with Crippen molar-refractivity contribution < 1.29 is 29.6 Å². The van der Waals surface area contributed by atoms with Gasteiger partial charge in [-0.15, -0.1) is 0 Å². The average Bonchev–Trinajstić information content (AvgIpc) is 2.59. The number of nitrogens with zero attached hydrogens (tertiary/aromatic N) is 1. The molecule has 0 atom stereocenters. The SMILES string of the molecule is COc1ccc(C=NNC(=O)c2cc(O)c(O)c(O)c2)c(OC)c1. The van der Waals surface area contributed by atoms with Crippen LogP contribution in [0.3, 0.4) is 0 Å². The molecule has 8 heteroatoms. The molecule has 4 N–H and O–H groups in total. The zero-order valence-electron chi connectivity index (χ0n) is 13.0. The molecule has 1 amide bonds. The second-order valence-corrected chi connectivity index (χ2v) is 4.67. The highest BCUT2D eigenvalue weighted by atomic mass is 16.5. The fourth-order valence-electron chi connectivity index (χ4n) is 1.89. The highest BCUT2D eigenvalue weighted by Gasteiger charge is 2.13. The van der Waals surface area contributed by atoms with Crippen LogP contribution < -0.4 is 14.9 Å². The first-order valence-corrected chi connectivity index (χ1v) is 6.76. The van der Waals surface area contributed by atoms with Crippen molar-refractivity contribution in [1.29, 1.82) is 0 Å². The Morgan fingerprint density at radius 2 is 1.75 bits per heavy atom. The number of aromatic hydroxyl groups is 3. The second kappa shape index (κ2) is 7.23. The Balaban J connectivity index is 2.13. The predicted octanol–water partition coefficient (Wildman–Crippen LogP) is 1.58. The third-order valence-corrected chi connectivity index (χ3v) is 3.14. The second-order valence-electron chi connectivity index (χ2n) is 4.67. The van der Waals surface area contributed by atoms with Crippen molar-refractivity contribution in [2.75, 3.05) is 14.2 Å². The maximum atomic E-state index is 11.9. The minimum atomic E-state index is -0.696. The summed E-state index contributed by atoms with van der Waals surface area (Å²) in [7, 11) is 3.03. The fourth-order valence-corrected chi connectivity index (χ4v) is 1.89. The van der Waals surface area contributed by atoms with Crippen molar-refractivity contribution in [3.8, 4) is 28.7 Å². The Bertz CT molecular complexity index is 765. The highest BCUT2D eigenvalue weighted by Crippen LogP contribution is 2.35. The number of carbonyl (C=O) groups excluding carboxylic acids is 1. The van der Waals surface area contributed by atoms with Crippen LogP contribution in [0.15, 0.2) is 35.4 Å². The Kier molecular flexibility index (Phi) is 5.10. The number of ether oxygens (including phenoxy) is 2. The van der Waals surface area contributed by atoms with Crippen LogP contribution in [0.5, 0.6) is 28.7 Å². The first-order chi connectivity index (χ1) is 11.5. The molecule has 2 aromatic carbocycles. The van der Waals surface area contributed by atoms with Gasteiger partial charge in [-0.3, -0.25) is 4.79 Å². The zero-order chi connectivity index (χ0) is 17.7. The Morgan fingerprint density at radius 3 is 2.33 bits per heavy atom. The number of phenolic OH excluding ortho intramolecular Hbond substituents is 3. The van der Waals surface area contributed by atoms with Gasteiger partial charge < -0.3 is 24.8 Å². The lowest BCUT2D eigenvalue weighted by Crippen LogP contribution is -2.17. The Labute approximate surface area is 137 Å². The molecule has 0 spiro atoms. The van der Waals surface area contributed by atoms with Crippen LogP contribution in [0.4, 0.5) is 0 Å². The van der Waals surface area contributed by atoms with E-state index in [0.717, 1.165) is 12.1 Å². The van der Waals surface area contributed by atoms with Gasteiger partial charge in [0.2, 0.25) is 0 Å². The Morgan fingerprint density at radius 1 is 1.08 bits per heavy atom. The van der Waals surface area contributed by atoms with Crippen LogP contribution in [0.2, 0.25) is 0 Å². The number of amides is 1. The number of rotatable bonds is 5. The minimum absolute atomic E-state index is 0.0679. The van der Waals surface area contributed by atoms with Gasteiger partial charge in [0.25, 0.3) is 5.91 Å². The number of phenols is 3. The van der Waals surface area contributed by atoms with Gasteiger partial charge in [0.1, 0.15) is 11.5 Å². The van der Waals surface area contributed by atoms with Gasteiger partial charge in [0.15, 0.2) is 17.2 Å². The van der Waals surface area contributed by atoms with E-state index >= 15 is 0 Å². The number of hydrogen-bond acceptors (Lipinski definition) is 7. The summed E-state index contributed by atoms with van der Waals surface area (Å²) in [6.07, 6.45) is 1.37. The van der Waals surface area contributed by atoms with Crippen molar-refractivity contribution in [3.63, 3.8) is 0 Å². The number of nitrogens with one attached hydrogen (secondary N) is 1. The number of carbonyl (C=O) groups is 1. The van der Waals surface area contributed by atoms with E-state index in [-0.39, 0.29) is 5.56 Å². The van der Waals surface area contributed by atoms with E-state index in [1.165, 1.54) is 20.4 Å². The minimum Gasteiger partial charge on any atom is -0.504 e. The smallest absolute Gasteiger partial charge is 0.271 e. The lowest BCUT2D eigenvalue weighted by molar-refractivity contribution is 0.0954. The summed E-state index contributed by atoms with van der Waals surface area (Å²) < 4.78 is 10.3. The van der Waals surface area contributed by atoms with Crippen LogP contribution in [-0.2, 0) is 0 Å². The topological polar surface area (TPSA) is 121 Å². The largest absolute Gasteiger partial charge is 0.504 e. The molecule has 0 saturated heterocycles. The molecule has 0 fully saturated rings. The summed E-state index contributed by atoms with van der Waals surface area (Å²) in [5, 5.41) is 31.8. The number of hydrogen-bond donors (Lipinski definition) is 4. The van der Waals surface area contributed by atoms with E-state index in [1.54, 1.807) is 18.2 Å². The third kappa shape index (κ3) is 3.67. The molecule has 2 rings (SSSR count). The molecule has 0 bridgehead atoms. The standard InChI is InChI=1S/C16H16N2O6/c1-23-11-4-3-9(14(7-11)24-2)8-17-18-16(22)10-5-12(19)15(21)13(20)6-10/h3-8,19-21H,1-2H3,(H,18,22). The molecule has 24 heavy (non-hydrogen) atoms. The maximum Gasteiger partial charge on any atom is 0.271 e. The van der Waals surface area contributed by atoms with Crippen LogP contribution in [0.25, 0.3) is 0 Å². The molecule has 2 aromatic rings. The van der Waals surface area contributed by atoms with E-state index in [9.17, 15) is 20.1 Å². The van der Waals surface area contributed by atoms with Crippen molar-refractivity contribution >= 4 is 12.1 Å². The van der Waals surface area contributed by atoms with Crippen LogP contribution >= 0.6 is 0 Å². The quantitative estimate of drug-likeness (QED) is 0.375. The number of benzene rings is 2. The van der Waals surface area contributed by atoms with E-state index in [2.05, 4.69) is 10.5 Å². The molecular weight excluding hydrogens is 316 g/mol. The average molecular weight is 332 g/mol. The molecule has 0 aliphatic carbocycles. The third-order valence-electron chi connectivity index (χ3n) is 3.14. The van der Waals surface area contributed by atoms with E-state index < -0.39 is 23.2 Å². The summed E-state index contributed by atoms with van der Waals surface area (Å²) in [6.45, 7) is 0. The van der Waals surface area contributed by atoms with Crippen molar-refractivity contribution in [2.45, 2.75) is 0 Å². The molecule has 0 aliphatic heterocycles. The molecule has 0 aromatic heterocycles. The van der Waals surface area contributed by atoms with Gasteiger partial charge >= 0.3 is 0 Å². The van der Waals surface area contributed by atoms with Crippen molar-refractivity contribution in [3.05, 3.63) is 41.5 Å². The van der Waals surface area contributed by atoms with Crippen molar-refractivity contribution in [2.24, 2.45) is 5.10 Å². The molecule has 0 unspecified atom stereocenters. The predicted molar refractivity (Wildman–Crippen MR) is 86.0 cm³/mol. The van der Waals surface area contributed by atoms with Crippen LogP contribution in [-0.4, -0.2) is 41.7 Å². The van der Waals surface area contributed by atoms with Gasteiger partial charge in [-0.1, -0.05) is 0 Å². The van der Waals surface area contributed by atoms with Gasteiger partial charge in [-0.05, 0) is 24.3 Å². The van der Waals surface area contributed by atoms with E-state index in [4.69, 9.17) is 9.47 Å². The molecule has 0 aliphatic rings. The van der Waals surface area contributed by atoms with Crippen LogP contribution in [0, 0.1) is 0 Å². The molecule has 126 valence electrons. The van der Waals surface area contributed by atoms with Crippen molar-refractivity contribution in [1.82, 2.24) is 5.43 Å². The molecule has 0 heterocycles. The normalized spacial score (nSPS) is 10.6. The molecule has 0 radical (unpaired) electrons. The summed E-state index contributed by atoms with van der Waals surface area (Å²) in [6, 6.07) is 7.09. The summed E-state index contributed by atoms with van der Waals surface area (Å²) in [4.78, 5) is 11.9.